The van der Waals surface area contributed by atoms with Crippen LogP contribution in [0.5, 0.6) is 5.75 Å². The van der Waals surface area contributed by atoms with E-state index < -0.39 is 0 Å². The van der Waals surface area contributed by atoms with E-state index in [1.165, 1.54) is 37.1 Å². The molecule has 8 nitrogen and oxygen atoms in total. The quantitative estimate of drug-likeness (QED) is 0.731. The fourth-order valence-electron chi connectivity index (χ4n) is 4.16. The molecule has 2 aromatic rings. The maximum atomic E-state index is 12.9. The van der Waals surface area contributed by atoms with Crippen molar-refractivity contribution in [3.05, 3.63) is 42.3 Å². The smallest absolute Gasteiger partial charge is 0.260 e. The van der Waals surface area contributed by atoms with Crippen LogP contribution in [0.3, 0.4) is 0 Å². The van der Waals surface area contributed by atoms with Gasteiger partial charge in [0.05, 0.1) is 18.8 Å². The largest absolute Gasteiger partial charge is 0.484 e. The zero-order chi connectivity index (χ0) is 21.6. The Morgan fingerprint density at radius 2 is 1.77 bits per heavy atom. The summed E-state index contributed by atoms with van der Waals surface area (Å²) < 4.78 is 20.3. The topological polar surface area (TPSA) is 79.7 Å². The monoisotopic (exact) mass is 429 g/mol. The lowest BCUT2D eigenvalue weighted by Crippen LogP contribution is -2.51. The molecule has 2 amide bonds. The molecule has 0 bridgehead atoms. The molecular weight excluding hydrogens is 401 g/mol. The second-order valence-corrected chi connectivity index (χ2v) is 8.05. The van der Waals surface area contributed by atoms with Gasteiger partial charge in [-0.05, 0) is 37.1 Å². The van der Waals surface area contributed by atoms with Crippen LogP contribution in [0.15, 0.2) is 36.5 Å². The molecule has 1 saturated carbocycles. The maximum absolute atomic E-state index is 12.9. The fourth-order valence-corrected chi connectivity index (χ4v) is 4.16. The van der Waals surface area contributed by atoms with Gasteiger partial charge in [-0.1, -0.05) is 12.8 Å². The van der Waals surface area contributed by atoms with E-state index in [-0.39, 0.29) is 30.8 Å². The van der Waals surface area contributed by atoms with E-state index in [0.717, 1.165) is 18.7 Å². The number of amides is 2. The number of aromatic nitrogens is 2. The molecule has 1 aromatic carbocycles. The van der Waals surface area contributed by atoms with Crippen LogP contribution in [-0.2, 0) is 9.59 Å². The number of carbonyl (C=O) groups is 2. The summed E-state index contributed by atoms with van der Waals surface area (Å²) in [5.74, 6) is 0.681. The number of rotatable bonds is 7. The predicted molar refractivity (Wildman–Crippen MR) is 113 cm³/mol. The van der Waals surface area contributed by atoms with Gasteiger partial charge in [0.1, 0.15) is 17.4 Å². The Labute approximate surface area is 180 Å². The van der Waals surface area contributed by atoms with Crippen molar-refractivity contribution in [2.75, 3.05) is 44.6 Å². The molecule has 31 heavy (non-hydrogen) atoms. The highest BCUT2D eigenvalue weighted by Crippen LogP contribution is 2.31. The third-order valence-electron chi connectivity index (χ3n) is 5.88. The van der Waals surface area contributed by atoms with Crippen LogP contribution < -0.4 is 10.1 Å². The van der Waals surface area contributed by atoms with Gasteiger partial charge in [0.15, 0.2) is 6.61 Å². The average Bonchev–Trinajstić information content (AvgIpc) is 3.45. The number of halogens is 1. The minimum Gasteiger partial charge on any atom is -0.484 e. The van der Waals surface area contributed by atoms with Crippen LogP contribution in [0, 0.1) is 5.82 Å². The highest BCUT2D eigenvalue weighted by atomic mass is 19.1. The van der Waals surface area contributed by atoms with Crippen molar-refractivity contribution >= 4 is 17.6 Å². The summed E-state index contributed by atoms with van der Waals surface area (Å²) in [7, 11) is 0. The van der Waals surface area contributed by atoms with Crippen LogP contribution in [-0.4, -0.2) is 70.7 Å². The lowest BCUT2D eigenvalue weighted by molar-refractivity contribution is -0.135. The maximum Gasteiger partial charge on any atom is 0.260 e. The Balaban J connectivity index is 1.19. The van der Waals surface area contributed by atoms with Gasteiger partial charge in [-0.25, -0.2) is 9.07 Å². The summed E-state index contributed by atoms with van der Waals surface area (Å²) in [4.78, 5) is 28.7. The van der Waals surface area contributed by atoms with E-state index in [1.807, 2.05) is 15.6 Å². The Hall–Kier alpha value is -2.94. The van der Waals surface area contributed by atoms with Gasteiger partial charge in [-0.15, -0.1) is 0 Å². The first-order valence-electron chi connectivity index (χ1n) is 10.8. The van der Waals surface area contributed by atoms with Crippen molar-refractivity contribution in [3.63, 3.8) is 0 Å². The van der Waals surface area contributed by atoms with Crippen molar-refractivity contribution in [1.29, 1.82) is 0 Å². The number of nitrogens with one attached hydrogen (secondary N) is 1. The number of ether oxygens (including phenoxy) is 1. The van der Waals surface area contributed by atoms with Crippen LogP contribution >= 0.6 is 0 Å². The number of nitrogens with zero attached hydrogens (tertiary/aromatic N) is 4. The van der Waals surface area contributed by atoms with Crippen LogP contribution in [0.25, 0.3) is 0 Å². The zero-order valence-corrected chi connectivity index (χ0v) is 17.5. The summed E-state index contributed by atoms with van der Waals surface area (Å²) in [5.41, 5.74) is 0. The number of hydrogen-bond donors (Lipinski definition) is 1. The predicted octanol–water partition coefficient (Wildman–Crippen LogP) is 2.30. The standard InChI is InChI=1S/C22H28FN5O3/c23-17-5-7-19(8-6-17)31-16-22(30)27-13-11-26(12-14-27)15-21(29)25-20-9-10-24-28(20)18-3-1-2-4-18/h5-10,18H,1-4,11-16H2,(H,25,29). The molecule has 9 heteroatoms. The van der Waals surface area contributed by atoms with Crippen molar-refractivity contribution in [2.45, 2.75) is 31.7 Å². The van der Waals surface area contributed by atoms with Crippen LogP contribution in [0.2, 0.25) is 0 Å². The van der Waals surface area contributed by atoms with Crippen molar-refractivity contribution in [1.82, 2.24) is 19.6 Å². The Bertz CT molecular complexity index is 887. The fraction of sp³-hybridized carbons (Fsp3) is 0.500. The van der Waals surface area contributed by atoms with Gasteiger partial charge in [0.25, 0.3) is 5.91 Å². The highest BCUT2D eigenvalue weighted by Gasteiger charge is 2.24. The third-order valence-corrected chi connectivity index (χ3v) is 5.88. The van der Waals surface area contributed by atoms with E-state index in [2.05, 4.69) is 10.4 Å². The normalized spacial score (nSPS) is 17.6. The molecule has 1 saturated heterocycles. The van der Waals surface area contributed by atoms with Crippen molar-refractivity contribution in [3.8, 4) is 5.75 Å². The Morgan fingerprint density at radius 3 is 2.48 bits per heavy atom. The Kier molecular flexibility index (Phi) is 6.81. The van der Waals surface area contributed by atoms with Gasteiger partial charge >= 0.3 is 0 Å². The van der Waals surface area contributed by atoms with Crippen LogP contribution in [0.4, 0.5) is 10.2 Å². The van der Waals surface area contributed by atoms with Gasteiger partial charge in [-0.3, -0.25) is 14.5 Å². The summed E-state index contributed by atoms with van der Waals surface area (Å²) in [6.07, 6.45) is 6.34. The number of anilines is 1. The molecule has 1 aromatic heterocycles. The second kappa shape index (κ2) is 9.91. The minimum absolute atomic E-state index is 0.0702. The van der Waals surface area contributed by atoms with E-state index in [0.29, 0.717) is 38.0 Å². The van der Waals surface area contributed by atoms with Gasteiger partial charge < -0.3 is 15.0 Å². The number of hydrogen-bond acceptors (Lipinski definition) is 5. The van der Waals surface area contributed by atoms with Gasteiger partial charge in [0.2, 0.25) is 5.91 Å². The van der Waals surface area contributed by atoms with E-state index in [1.54, 1.807) is 11.1 Å². The van der Waals surface area contributed by atoms with Crippen molar-refractivity contribution < 1.29 is 18.7 Å². The molecule has 0 atom stereocenters. The summed E-state index contributed by atoms with van der Waals surface area (Å²) in [5, 5.41) is 7.37. The molecule has 1 aliphatic carbocycles. The SMILES string of the molecule is O=C(CN1CCN(C(=O)COc2ccc(F)cc2)CC1)Nc1ccnn1C1CCCC1. The molecule has 0 unspecified atom stereocenters. The molecule has 0 spiro atoms. The Morgan fingerprint density at radius 1 is 1.06 bits per heavy atom. The van der Waals surface area contributed by atoms with E-state index >= 15 is 0 Å². The molecule has 4 rings (SSSR count). The summed E-state index contributed by atoms with van der Waals surface area (Å²) in [6.45, 7) is 2.52. The molecule has 2 aliphatic rings. The minimum atomic E-state index is -0.346. The molecule has 1 N–H and O–H groups in total. The molecule has 0 radical (unpaired) electrons. The number of carbonyl (C=O) groups excluding carboxylic acids is 2. The molecule has 166 valence electrons. The third kappa shape index (κ3) is 5.61. The molecule has 2 heterocycles. The summed E-state index contributed by atoms with van der Waals surface area (Å²) >= 11 is 0. The average molecular weight is 429 g/mol. The van der Waals surface area contributed by atoms with Gasteiger partial charge in [-0.2, -0.15) is 5.10 Å². The first-order chi connectivity index (χ1) is 15.1. The molecule has 1 aliphatic heterocycles. The molecule has 2 fully saturated rings. The van der Waals surface area contributed by atoms with E-state index in [9.17, 15) is 14.0 Å². The second-order valence-electron chi connectivity index (χ2n) is 8.05. The number of benzene rings is 1. The number of piperazine rings is 1. The van der Waals surface area contributed by atoms with E-state index in [4.69, 9.17) is 4.74 Å². The van der Waals surface area contributed by atoms with Gasteiger partial charge in [0, 0.05) is 32.2 Å². The lowest BCUT2D eigenvalue weighted by Gasteiger charge is -2.34. The highest BCUT2D eigenvalue weighted by molar-refractivity contribution is 5.91. The first kappa shape index (κ1) is 21.3. The lowest BCUT2D eigenvalue weighted by atomic mass is 10.2. The first-order valence-corrected chi connectivity index (χ1v) is 10.8. The van der Waals surface area contributed by atoms with Crippen LogP contribution in [0.1, 0.15) is 31.7 Å². The van der Waals surface area contributed by atoms with Crippen molar-refractivity contribution in [2.24, 2.45) is 0 Å². The zero-order valence-electron chi connectivity index (χ0n) is 17.5. The summed E-state index contributed by atoms with van der Waals surface area (Å²) in [6, 6.07) is 7.80. The molecular formula is C22H28FN5O3.